The fourth-order valence-electron chi connectivity index (χ4n) is 2.45. The Morgan fingerprint density at radius 2 is 2.04 bits per heavy atom. The van der Waals surface area contributed by atoms with Gasteiger partial charge in [-0.05, 0) is 48.9 Å². The third-order valence-corrected chi connectivity index (χ3v) is 6.00. The first kappa shape index (κ1) is 20.7. The molecule has 0 unspecified atom stereocenters. The molecule has 0 spiro atoms. The summed E-state index contributed by atoms with van der Waals surface area (Å²) in [4.78, 5) is 14.9. The molecule has 27 heavy (non-hydrogen) atoms. The van der Waals surface area contributed by atoms with Gasteiger partial charge in [-0.1, -0.05) is 70.0 Å². The van der Waals surface area contributed by atoms with Gasteiger partial charge in [0.25, 0.3) is 5.91 Å². The predicted molar refractivity (Wildman–Crippen MR) is 122 cm³/mol. The van der Waals surface area contributed by atoms with Crippen molar-refractivity contribution in [3.05, 3.63) is 61.4 Å². The molecule has 1 aliphatic rings. The van der Waals surface area contributed by atoms with Crippen LogP contribution in [0, 0.1) is 0 Å². The molecule has 3 rings (SSSR count). The van der Waals surface area contributed by atoms with Crippen molar-refractivity contribution in [2.45, 2.75) is 13.3 Å². The molecular weight excluding hydrogens is 489 g/mol. The summed E-state index contributed by atoms with van der Waals surface area (Å²) in [5.41, 5.74) is 1.32. The molecule has 0 aromatic heterocycles. The van der Waals surface area contributed by atoms with E-state index in [1.165, 1.54) is 16.7 Å². The summed E-state index contributed by atoms with van der Waals surface area (Å²) >= 11 is 22.3. The van der Waals surface area contributed by atoms with Crippen molar-refractivity contribution in [2.24, 2.45) is 0 Å². The first-order chi connectivity index (χ1) is 12.9. The highest BCUT2D eigenvalue weighted by Gasteiger charge is 2.34. The smallest absolute Gasteiger partial charge is 0.270 e. The summed E-state index contributed by atoms with van der Waals surface area (Å²) < 4.78 is 7.10. The Hall–Kier alpha value is -1.05. The predicted octanol–water partition coefficient (Wildman–Crippen LogP) is 6.95. The number of hydrogen-bond acceptors (Lipinski definition) is 4. The second-order valence-electron chi connectivity index (χ2n) is 5.64. The average molecular weight is 503 g/mol. The van der Waals surface area contributed by atoms with Crippen LogP contribution in [0.5, 0.6) is 5.75 Å². The molecule has 0 atom stereocenters. The van der Waals surface area contributed by atoms with E-state index >= 15 is 0 Å². The van der Waals surface area contributed by atoms with Gasteiger partial charge in [0.05, 0.1) is 22.2 Å². The van der Waals surface area contributed by atoms with Crippen LogP contribution in [0.3, 0.4) is 0 Å². The van der Waals surface area contributed by atoms with E-state index in [1.54, 1.807) is 24.3 Å². The fourth-order valence-corrected chi connectivity index (χ4v) is 4.60. The van der Waals surface area contributed by atoms with Gasteiger partial charge in [0, 0.05) is 15.1 Å². The molecule has 0 N–H and O–H groups in total. The van der Waals surface area contributed by atoms with Crippen LogP contribution in [0.4, 0.5) is 5.69 Å². The number of carbonyl (C=O) groups is 1. The minimum atomic E-state index is -0.226. The molecule has 1 heterocycles. The normalized spacial score (nSPS) is 15.7. The lowest BCUT2D eigenvalue weighted by Gasteiger charge is -2.16. The number of carbonyl (C=O) groups excluding carboxylic acids is 1. The van der Waals surface area contributed by atoms with Crippen LogP contribution in [0.2, 0.25) is 10.0 Å². The van der Waals surface area contributed by atoms with E-state index in [0.717, 1.165) is 22.2 Å². The van der Waals surface area contributed by atoms with Gasteiger partial charge in [-0.2, -0.15) is 0 Å². The minimum Gasteiger partial charge on any atom is -0.493 e. The molecule has 3 nitrogen and oxygen atoms in total. The molecule has 1 amide bonds. The van der Waals surface area contributed by atoms with Crippen LogP contribution in [-0.2, 0) is 4.79 Å². The van der Waals surface area contributed by atoms with Gasteiger partial charge in [0.2, 0.25) is 0 Å². The molecule has 1 saturated heterocycles. The number of rotatable bonds is 5. The maximum absolute atomic E-state index is 13.0. The molecule has 2 aromatic rings. The van der Waals surface area contributed by atoms with Crippen molar-refractivity contribution in [1.29, 1.82) is 0 Å². The maximum Gasteiger partial charge on any atom is 0.270 e. The lowest BCUT2D eigenvalue weighted by molar-refractivity contribution is -0.113. The average Bonchev–Trinajstić information content (AvgIpc) is 2.88. The lowest BCUT2D eigenvalue weighted by Crippen LogP contribution is -2.27. The van der Waals surface area contributed by atoms with Gasteiger partial charge in [-0.25, -0.2) is 0 Å². The number of nitrogens with zero attached hydrogens (tertiary/aromatic N) is 1. The standard InChI is InChI=1S/C19H14BrCl2NO2S2/c1-2-7-25-16-6-3-12(20)8-11(16)9-17-18(24)23(19(26)27-17)15-5-4-13(21)10-14(15)22/h3-6,8-10H,2,7H2,1H3/b17-9-. The highest BCUT2D eigenvalue weighted by atomic mass is 79.9. The van der Waals surface area contributed by atoms with Gasteiger partial charge in [-0.3, -0.25) is 9.69 Å². The van der Waals surface area contributed by atoms with Crippen molar-refractivity contribution in [3.8, 4) is 5.75 Å². The van der Waals surface area contributed by atoms with Gasteiger partial charge in [0.1, 0.15) is 5.75 Å². The Morgan fingerprint density at radius 3 is 2.74 bits per heavy atom. The van der Waals surface area contributed by atoms with E-state index in [-0.39, 0.29) is 5.91 Å². The van der Waals surface area contributed by atoms with Crippen LogP contribution in [0.1, 0.15) is 18.9 Å². The molecule has 1 fully saturated rings. The number of ether oxygens (including phenoxy) is 1. The molecule has 8 heteroatoms. The molecule has 2 aromatic carbocycles. The van der Waals surface area contributed by atoms with Crippen molar-refractivity contribution in [3.63, 3.8) is 0 Å². The van der Waals surface area contributed by atoms with Gasteiger partial charge in [-0.15, -0.1) is 0 Å². The number of amides is 1. The number of anilines is 1. The minimum absolute atomic E-state index is 0.226. The molecule has 0 saturated carbocycles. The van der Waals surface area contributed by atoms with Crippen LogP contribution in [-0.4, -0.2) is 16.8 Å². The van der Waals surface area contributed by atoms with Gasteiger partial charge >= 0.3 is 0 Å². The monoisotopic (exact) mass is 501 g/mol. The topological polar surface area (TPSA) is 29.5 Å². The Kier molecular flexibility index (Phi) is 6.87. The van der Waals surface area contributed by atoms with Crippen LogP contribution < -0.4 is 9.64 Å². The summed E-state index contributed by atoms with van der Waals surface area (Å²) in [5.74, 6) is 0.491. The number of thiocarbonyl (C=S) groups is 1. The third-order valence-electron chi connectivity index (χ3n) is 3.66. The summed E-state index contributed by atoms with van der Waals surface area (Å²) in [5, 5.41) is 0.867. The Morgan fingerprint density at radius 1 is 1.26 bits per heavy atom. The van der Waals surface area contributed by atoms with Crippen LogP contribution >= 0.6 is 63.1 Å². The zero-order valence-electron chi connectivity index (χ0n) is 14.2. The fraction of sp³-hybridized carbons (Fsp3) is 0.158. The number of thioether (sulfide) groups is 1. The zero-order chi connectivity index (χ0) is 19.6. The van der Waals surface area contributed by atoms with Crippen LogP contribution in [0.15, 0.2) is 45.8 Å². The van der Waals surface area contributed by atoms with Gasteiger partial charge < -0.3 is 4.74 Å². The quantitative estimate of drug-likeness (QED) is 0.326. The lowest BCUT2D eigenvalue weighted by atomic mass is 10.2. The second kappa shape index (κ2) is 8.97. The van der Waals surface area contributed by atoms with Crippen molar-refractivity contribution >= 4 is 85.1 Å². The highest BCUT2D eigenvalue weighted by molar-refractivity contribution is 9.10. The van der Waals surface area contributed by atoms with Crippen molar-refractivity contribution < 1.29 is 9.53 Å². The summed E-state index contributed by atoms with van der Waals surface area (Å²) in [6, 6.07) is 10.6. The molecular formula is C19H14BrCl2NO2S2. The zero-order valence-corrected chi connectivity index (χ0v) is 18.9. The Balaban J connectivity index is 1.96. The molecule has 0 bridgehead atoms. The van der Waals surface area contributed by atoms with E-state index in [1.807, 2.05) is 25.1 Å². The second-order valence-corrected chi connectivity index (χ2v) is 9.08. The molecule has 0 aliphatic carbocycles. The highest BCUT2D eigenvalue weighted by Crippen LogP contribution is 2.40. The number of benzene rings is 2. The maximum atomic E-state index is 13.0. The number of halogens is 3. The first-order valence-electron chi connectivity index (χ1n) is 8.06. The summed E-state index contributed by atoms with van der Waals surface area (Å²) in [6.45, 7) is 2.64. The van der Waals surface area contributed by atoms with E-state index in [4.69, 9.17) is 40.2 Å². The number of hydrogen-bond donors (Lipinski definition) is 0. The van der Waals surface area contributed by atoms with E-state index in [0.29, 0.717) is 31.6 Å². The van der Waals surface area contributed by atoms with E-state index < -0.39 is 0 Å². The van der Waals surface area contributed by atoms with Gasteiger partial charge in [0.15, 0.2) is 4.32 Å². The summed E-state index contributed by atoms with van der Waals surface area (Å²) in [6.07, 6.45) is 2.69. The van der Waals surface area contributed by atoms with Crippen molar-refractivity contribution in [1.82, 2.24) is 0 Å². The molecule has 0 radical (unpaired) electrons. The van der Waals surface area contributed by atoms with E-state index in [2.05, 4.69) is 15.9 Å². The Bertz CT molecular complexity index is 949. The Labute approximate surface area is 185 Å². The van der Waals surface area contributed by atoms with E-state index in [9.17, 15) is 4.79 Å². The largest absolute Gasteiger partial charge is 0.493 e. The molecule has 1 aliphatic heterocycles. The molecule has 140 valence electrons. The SMILES string of the molecule is CCCOc1ccc(Br)cc1/C=C1\SC(=S)N(c2ccc(Cl)cc2Cl)C1=O. The summed E-state index contributed by atoms with van der Waals surface area (Å²) in [7, 11) is 0. The van der Waals surface area contributed by atoms with Crippen LogP contribution in [0.25, 0.3) is 6.08 Å². The first-order valence-corrected chi connectivity index (χ1v) is 10.8. The third kappa shape index (κ3) is 4.69. The van der Waals surface area contributed by atoms with Crippen molar-refractivity contribution in [2.75, 3.05) is 11.5 Å².